The maximum absolute atomic E-state index is 5.75. The molecule has 2 fully saturated rings. The molecular weight excluding hydrogens is 463 g/mol. The number of thioether (sulfide) groups is 1. The standard InChI is InChI=1S/C17H30N6OS.HI/c1-4-15-12-23(7-9-25-15)17(18-10-14-6-5-8-24-14)19-11-16-21-20-13(2)22(16)3;/h14-15H,4-12H2,1-3H3,(H,18,19);1H. The summed E-state index contributed by atoms with van der Waals surface area (Å²) in [4.78, 5) is 7.26. The lowest BCUT2D eigenvalue weighted by molar-refractivity contribution is 0.113. The Bertz CT molecular complexity index is 590. The van der Waals surface area contributed by atoms with Crippen LogP contribution < -0.4 is 5.32 Å². The molecule has 2 atom stereocenters. The van der Waals surface area contributed by atoms with Crippen molar-refractivity contribution in [1.29, 1.82) is 0 Å². The van der Waals surface area contributed by atoms with Gasteiger partial charge in [0.15, 0.2) is 11.8 Å². The molecule has 2 aliphatic rings. The van der Waals surface area contributed by atoms with Gasteiger partial charge in [0.1, 0.15) is 12.4 Å². The summed E-state index contributed by atoms with van der Waals surface area (Å²) in [6.07, 6.45) is 3.80. The van der Waals surface area contributed by atoms with E-state index in [9.17, 15) is 0 Å². The highest BCUT2D eigenvalue weighted by atomic mass is 127. The summed E-state index contributed by atoms with van der Waals surface area (Å²) in [5, 5.41) is 12.6. The van der Waals surface area contributed by atoms with Crippen molar-refractivity contribution in [2.24, 2.45) is 12.0 Å². The van der Waals surface area contributed by atoms with E-state index in [1.165, 1.54) is 6.42 Å². The SMILES string of the molecule is CCC1CN(C(=NCc2nnc(C)n2C)NCC2CCCO2)CCS1.I. The van der Waals surface area contributed by atoms with Gasteiger partial charge < -0.3 is 19.5 Å². The van der Waals surface area contributed by atoms with Crippen LogP contribution in [0.5, 0.6) is 0 Å². The Kier molecular flexibility index (Phi) is 8.95. The lowest BCUT2D eigenvalue weighted by Gasteiger charge is -2.34. The molecule has 0 aromatic carbocycles. The van der Waals surface area contributed by atoms with E-state index in [1.54, 1.807) is 0 Å². The van der Waals surface area contributed by atoms with Crippen molar-refractivity contribution in [3.8, 4) is 0 Å². The molecule has 9 heteroatoms. The Morgan fingerprint density at radius 1 is 1.42 bits per heavy atom. The third kappa shape index (κ3) is 5.72. The average Bonchev–Trinajstić information content (AvgIpc) is 3.27. The van der Waals surface area contributed by atoms with Crippen molar-refractivity contribution in [3.05, 3.63) is 11.6 Å². The second-order valence-electron chi connectivity index (χ2n) is 6.73. The van der Waals surface area contributed by atoms with Crippen LogP contribution in [0.3, 0.4) is 0 Å². The van der Waals surface area contributed by atoms with E-state index in [0.717, 1.165) is 62.4 Å². The summed E-state index contributed by atoms with van der Waals surface area (Å²) in [6, 6.07) is 0. The number of rotatable bonds is 5. The summed E-state index contributed by atoms with van der Waals surface area (Å²) in [5.74, 6) is 3.95. The number of guanidine groups is 1. The Balaban J connectivity index is 0.00000243. The zero-order valence-electron chi connectivity index (χ0n) is 16.0. The second-order valence-corrected chi connectivity index (χ2v) is 8.13. The Morgan fingerprint density at radius 2 is 2.27 bits per heavy atom. The van der Waals surface area contributed by atoms with E-state index in [-0.39, 0.29) is 24.0 Å². The van der Waals surface area contributed by atoms with Gasteiger partial charge in [0.25, 0.3) is 0 Å². The summed E-state index contributed by atoms with van der Waals surface area (Å²) in [6.45, 7) is 8.58. The highest BCUT2D eigenvalue weighted by Crippen LogP contribution is 2.21. The van der Waals surface area contributed by atoms with Crippen LogP contribution in [0.15, 0.2) is 4.99 Å². The number of halogens is 1. The Morgan fingerprint density at radius 3 is 2.92 bits per heavy atom. The molecule has 148 valence electrons. The van der Waals surface area contributed by atoms with Crippen molar-refractivity contribution >= 4 is 41.7 Å². The number of aromatic nitrogens is 3. The smallest absolute Gasteiger partial charge is 0.194 e. The number of aliphatic imine (C=N–C) groups is 1. The first-order valence-electron chi connectivity index (χ1n) is 9.28. The summed E-state index contributed by atoms with van der Waals surface area (Å²) in [5.41, 5.74) is 0. The molecule has 2 aliphatic heterocycles. The minimum absolute atomic E-state index is 0. The Labute approximate surface area is 177 Å². The van der Waals surface area contributed by atoms with Gasteiger partial charge in [0.2, 0.25) is 0 Å². The van der Waals surface area contributed by atoms with Crippen LogP contribution in [0.25, 0.3) is 0 Å². The fraction of sp³-hybridized carbons (Fsp3) is 0.824. The number of hydrogen-bond acceptors (Lipinski definition) is 5. The molecule has 7 nitrogen and oxygen atoms in total. The van der Waals surface area contributed by atoms with E-state index in [4.69, 9.17) is 9.73 Å². The topological polar surface area (TPSA) is 67.6 Å². The van der Waals surface area contributed by atoms with Crippen LogP contribution in [-0.2, 0) is 18.3 Å². The lowest BCUT2D eigenvalue weighted by Crippen LogP contribution is -2.49. The molecule has 2 saturated heterocycles. The molecular formula is C17H31IN6OS. The van der Waals surface area contributed by atoms with Gasteiger partial charge in [-0.2, -0.15) is 11.8 Å². The summed E-state index contributed by atoms with van der Waals surface area (Å²) >= 11 is 2.07. The maximum atomic E-state index is 5.75. The van der Waals surface area contributed by atoms with Crippen LogP contribution in [0.1, 0.15) is 37.8 Å². The molecule has 1 aromatic rings. The van der Waals surface area contributed by atoms with E-state index < -0.39 is 0 Å². The molecule has 1 aromatic heterocycles. The third-order valence-corrected chi connectivity index (χ3v) is 6.33. The number of ether oxygens (including phenoxy) is 1. The summed E-state index contributed by atoms with van der Waals surface area (Å²) in [7, 11) is 1.99. The van der Waals surface area contributed by atoms with Gasteiger partial charge in [-0.15, -0.1) is 34.2 Å². The number of hydrogen-bond donors (Lipinski definition) is 1. The quantitative estimate of drug-likeness (QED) is 0.385. The molecule has 0 saturated carbocycles. The number of nitrogens with one attached hydrogen (secondary N) is 1. The van der Waals surface area contributed by atoms with Gasteiger partial charge in [-0.25, -0.2) is 4.99 Å². The van der Waals surface area contributed by atoms with Gasteiger partial charge in [-0.3, -0.25) is 0 Å². The largest absolute Gasteiger partial charge is 0.376 e. The van der Waals surface area contributed by atoms with Gasteiger partial charge in [0, 0.05) is 44.3 Å². The molecule has 0 amide bonds. The molecule has 0 aliphatic carbocycles. The van der Waals surface area contributed by atoms with Crippen LogP contribution in [0, 0.1) is 6.92 Å². The molecule has 26 heavy (non-hydrogen) atoms. The van der Waals surface area contributed by atoms with Crippen molar-refractivity contribution in [2.75, 3.05) is 32.0 Å². The van der Waals surface area contributed by atoms with E-state index in [2.05, 4.69) is 39.1 Å². The zero-order chi connectivity index (χ0) is 17.6. The third-order valence-electron chi connectivity index (χ3n) is 4.96. The van der Waals surface area contributed by atoms with Crippen LogP contribution >= 0.6 is 35.7 Å². The first-order valence-corrected chi connectivity index (χ1v) is 10.3. The van der Waals surface area contributed by atoms with Gasteiger partial charge in [0.05, 0.1) is 6.10 Å². The second kappa shape index (κ2) is 10.7. The van der Waals surface area contributed by atoms with E-state index in [1.807, 2.05) is 18.5 Å². The Hall–Kier alpha value is -0.550. The average molecular weight is 494 g/mol. The fourth-order valence-corrected chi connectivity index (χ4v) is 4.35. The maximum Gasteiger partial charge on any atom is 0.194 e. The predicted molar refractivity (Wildman–Crippen MR) is 117 cm³/mol. The normalized spacial score (nSPS) is 23.8. The lowest BCUT2D eigenvalue weighted by atomic mass is 10.2. The van der Waals surface area contributed by atoms with Gasteiger partial charge in [-0.05, 0) is 26.2 Å². The minimum atomic E-state index is 0. The molecule has 1 N–H and O–H groups in total. The number of aryl methyl sites for hydroxylation is 1. The monoisotopic (exact) mass is 494 g/mol. The molecule has 0 bridgehead atoms. The number of nitrogens with zero attached hydrogens (tertiary/aromatic N) is 5. The van der Waals surface area contributed by atoms with Crippen LogP contribution in [0.4, 0.5) is 0 Å². The molecule has 3 heterocycles. The van der Waals surface area contributed by atoms with E-state index in [0.29, 0.717) is 17.9 Å². The minimum Gasteiger partial charge on any atom is -0.376 e. The molecule has 0 radical (unpaired) electrons. The molecule has 0 spiro atoms. The zero-order valence-corrected chi connectivity index (χ0v) is 19.1. The van der Waals surface area contributed by atoms with E-state index >= 15 is 0 Å². The van der Waals surface area contributed by atoms with Crippen molar-refractivity contribution in [1.82, 2.24) is 25.0 Å². The van der Waals surface area contributed by atoms with Gasteiger partial charge in [-0.1, -0.05) is 6.92 Å². The summed E-state index contributed by atoms with van der Waals surface area (Å²) < 4.78 is 7.75. The molecule has 3 rings (SSSR count). The van der Waals surface area contributed by atoms with Crippen molar-refractivity contribution < 1.29 is 4.74 Å². The molecule has 2 unspecified atom stereocenters. The first-order chi connectivity index (χ1) is 12.2. The highest BCUT2D eigenvalue weighted by molar-refractivity contribution is 14.0. The van der Waals surface area contributed by atoms with Crippen molar-refractivity contribution in [2.45, 2.75) is 51.0 Å². The van der Waals surface area contributed by atoms with Crippen LogP contribution in [0.2, 0.25) is 0 Å². The van der Waals surface area contributed by atoms with Gasteiger partial charge >= 0.3 is 0 Å². The first kappa shape index (κ1) is 21.7. The van der Waals surface area contributed by atoms with Crippen LogP contribution in [-0.4, -0.2) is 69.0 Å². The predicted octanol–water partition coefficient (Wildman–Crippen LogP) is 2.19. The van der Waals surface area contributed by atoms with Crippen molar-refractivity contribution in [3.63, 3.8) is 0 Å². The fourth-order valence-electron chi connectivity index (χ4n) is 3.17. The highest BCUT2D eigenvalue weighted by Gasteiger charge is 2.23.